The van der Waals surface area contributed by atoms with E-state index in [0.717, 1.165) is 0 Å². The van der Waals surface area contributed by atoms with Gasteiger partial charge in [0.25, 0.3) is 0 Å². The molecule has 0 unspecified atom stereocenters. The third kappa shape index (κ3) is 6.06. The summed E-state index contributed by atoms with van der Waals surface area (Å²) >= 11 is 0. The van der Waals surface area contributed by atoms with E-state index >= 15 is 0 Å². The highest BCUT2D eigenvalue weighted by atomic mass is 32.2. The van der Waals surface area contributed by atoms with Crippen molar-refractivity contribution >= 4 is 25.8 Å². The Hall–Kier alpha value is -1.85. The predicted molar refractivity (Wildman–Crippen MR) is 107 cm³/mol. The summed E-state index contributed by atoms with van der Waals surface area (Å²) in [4.78, 5) is 10.6. The lowest BCUT2D eigenvalue weighted by Crippen LogP contribution is -2.41. The van der Waals surface area contributed by atoms with Gasteiger partial charge in [0, 0.05) is 25.1 Å². The quantitative estimate of drug-likeness (QED) is 0.504. The SMILES string of the molecule is COc1ccc(S(=O)(=O)N(CCCCCC(=O)O)[C@@H]2CCS(=O)(=O)C2)c(OC)c1. The first-order chi connectivity index (χ1) is 13.6. The largest absolute Gasteiger partial charge is 0.497 e. The molecule has 1 aromatic carbocycles. The highest BCUT2D eigenvalue weighted by Gasteiger charge is 2.39. The summed E-state index contributed by atoms with van der Waals surface area (Å²) in [5.74, 6) is -0.632. The molecule has 1 aliphatic heterocycles. The topological polar surface area (TPSA) is 127 Å². The molecule has 9 nitrogen and oxygen atoms in total. The van der Waals surface area contributed by atoms with E-state index in [2.05, 4.69) is 0 Å². The lowest BCUT2D eigenvalue weighted by molar-refractivity contribution is -0.137. The summed E-state index contributed by atoms with van der Waals surface area (Å²) in [6, 6.07) is 3.69. The van der Waals surface area contributed by atoms with Gasteiger partial charge in [-0.1, -0.05) is 6.42 Å². The maximum Gasteiger partial charge on any atom is 0.303 e. The van der Waals surface area contributed by atoms with Crippen molar-refractivity contribution in [2.24, 2.45) is 0 Å². The molecule has 2 rings (SSSR count). The van der Waals surface area contributed by atoms with Crippen LogP contribution in [0.3, 0.4) is 0 Å². The zero-order valence-electron chi connectivity index (χ0n) is 16.5. The predicted octanol–water partition coefficient (Wildman–Crippen LogP) is 1.53. The molecule has 0 spiro atoms. The summed E-state index contributed by atoms with van der Waals surface area (Å²) in [6.45, 7) is 0.108. The molecule has 1 atom stereocenters. The molecule has 0 radical (unpaired) electrons. The van der Waals surface area contributed by atoms with Gasteiger partial charge in [-0.05, 0) is 31.4 Å². The summed E-state index contributed by atoms with van der Waals surface area (Å²) < 4.78 is 62.2. The van der Waals surface area contributed by atoms with E-state index in [1.54, 1.807) is 0 Å². The van der Waals surface area contributed by atoms with Crippen molar-refractivity contribution in [1.82, 2.24) is 4.31 Å². The lowest BCUT2D eigenvalue weighted by Gasteiger charge is -2.28. The smallest absolute Gasteiger partial charge is 0.303 e. The lowest BCUT2D eigenvalue weighted by atomic mass is 10.2. The molecule has 1 saturated heterocycles. The van der Waals surface area contributed by atoms with Crippen LogP contribution < -0.4 is 9.47 Å². The van der Waals surface area contributed by atoms with E-state index in [-0.39, 0.29) is 41.5 Å². The van der Waals surface area contributed by atoms with Gasteiger partial charge < -0.3 is 14.6 Å². The molecule has 0 bridgehead atoms. The average molecular weight is 450 g/mol. The van der Waals surface area contributed by atoms with Crippen LogP contribution in [0.2, 0.25) is 0 Å². The van der Waals surface area contributed by atoms with Crippen LogP contribution in [-0.2, 0) is 24.7 Å². The third-order valence-electron chi connectivity index (χ3n) is 4.84. The van der Waals surface area contributed by atoms with Crippen molar-refractivity contribution in [1.29, 1.82) is 0 Å². The summed E-state index contributed by atoms with van der Waals surface area (Å²) in [5, 5.41) is 8.73. The van der Waals surface area contributed by atoms with E-state index < -0.39 is 31.9 Å². The first kappa shape index (κ1) is 23.4. The van der Waals surface area contributed by atoms with Crippen LogP contribution >= 0.6 is 0 Å². The molecule has 1 fully saturated rings. The first-order valence-corrected chi connectivity index (χ1v) is 12.5. The summed E-state index contributed by atoms with van der Waals surface area (Å²) in [6.07, 6.45) is 1.63. The monoisotopic (exact) mass is 449 g/mol. The molecule has 1 aliphatic rings. The van der Waals surface area contributed by atoms with Crippen LogP contribution in [0.25, 0.3) is 0 Å². The van der Waals surface area contributed by atoms with Crippen LogP contribution in [0.5, 0.6) is 11.5 Å². The molecule has 0 aliphatic carbocycles. The number of unbranched alkanes of at least 4 members (excludes halogenated alkanes) is 2. The molecule has 0 saturated carbocycles. The number of hydrogen-bond donors (Lipinski definition) is 1. The second-order valence-corrected chi connectivity index (χ2v) is 11.0. The maximum atomic E-state index is 13.4. The van der Waals surface area contributed by atoms with Crippen molar-refractivity contribution in [3.63, 3.8) is 0 Å². The maximum absolute atomic E-state index is 13.4. The van der Waals surface area contributed by atoms with Crippen molar-refractivity contribution in [2.45, 2.75) is 43.0 Å². The number of sulfone groups is 1. The number of carboxylic acids is 1. The number of carboxylic acid groups (broad SMARTS) is 1. The zero-order valence-corrected chi connectivity index (χ0v) is 18.2. The van der Waals surface area contributed by atoms with Gasteiger partial charge in [0.15, 0.2) is 9.84 Å². The number of benzene rings is 1. The standard InChI is InChI=1S/C18H27NO8S2/c1-26-15-7-8-17(16(12-15)27-2)29(24,25)19(10-5-3-4-6-18(20)21)14-9-11-28(22,23)13-14/h7-8,12,14H,3-6,9-11,13H2,1-2H3,(H,20,21)/t14-/m1/s1. The highest BCUT2D eigenvalue weighted by molar-refractivity contribution is 7.92. The Labute approximate surface area is 171 Å². The Kier molecular flexibility index (Phi) is 7.89. The molecule has 0 aromatic heterocycles. The second-order valence-electron chi connectivity index (χ2n) is 6.89. The molecule has 1 aromatic rings. The fourth-order valence-electron chi connectivity index (χ4n) is 3.34. The first-order valence-electron chi connectivity index (χ1n) is 9.27. The minimum absolute atomic E-state index is 0.0108. The van der Waals surface area contributed by atoms with Gasteiger partial charge in [-0.15, -0.1) is 0 Å². The molecule has 1 heterocycles. The van der Waals surface area contributed by atoms with Gasteiger partial charge >= 0.3 is 5.97 Å². The number of methoxy groups -OCH3 is 2. The minimum atomic E-state index is -4.03. The number of rotatable bonds is 11. The van der Waals surface area contributed by atoms with Crippen molar-refractivity contribution in [3.05, 3.63) is 18.2 Å². The van der Waals surface area contributed by atoms with Gasteiger partial charge in [0.05, 0.1) is 25.7 Å². The highest BCUT2D eigenvalue weighted by Crippen LogP contribution is 2.33. The molecular weight excluding hydrogens is 422 g/mol. The Balaban J connectivity index is 2.30. The van der Waals surface area contributed by atoms with E-state index in [4.69, 9.17) is 14.6 Å². The number of nitrogens with zero attached hydrogens (tertiary/aromatic N) is 1. The summed E-state index contributed by atoms with van der Waals surface area (Å²) in [7, 11) is -4.52. The Morgan fingerprint density at radius 2 is 1.93 bits per heavy atom. The molecule has 29 heavy (non-hydrogen) atoms. The van der Waals surface area contributed by atoms with Crippen LogP contribution in [-0.4, -0.2) is 70.5 Å². The van der Waals surface area contributed by atoms with Gasteiger partial charge in [-0.3, -0.25) is 4.79 Å². The van der Waals surface area contributed by atoms with E-state index in [1.807, 2.05) is 0 Å². The van der Waals surface area contributed by atoms with Crippen LogP contribution in [0.1, 0.15) is 32.1 Å². The molecule has 11 heteroatoms. The second kappa shape index (κ2) is 9.77. The minimum Gasteiger partial charge on any atom is -0.497 e. The zero-order chi connectivity index (χ0) is 21.7. The van der Waals surface area contributed by atoms with Gasteiger partial charge in [-0.2, -0.15) is 4.31 Å². The normalized spacial score (nSPS) is 18.7. The molecule has 164 valence electrons. The number of hydrogen-bond acceptors (Lipinski definition) is 7. The number of sulfonamides is 1. The molecule has 0 amide bonds. The number of ether oxygens (including phenoxy) is 2. The van der Waals surface area contributed by atoms with Crippen molar-refractivity contribution < 1.29 is 36.2 Å². The Morgan fingerprint density at radius 1 is 1.21 bits per heavy atom. The molecule has 1 N–H and O–H groups in total. The fourth-order valence-corrected chi connectivity index (χ4v) is 6.99. The van der Waals surface area contributed by atoms with Crippen LogP contribution in [0.4, 0.5) is 0 Å². The van der Waals surface area contributed by atoms with E-state index in [9.17, 15) is 21.6 Å². The number of carbonyl (C=O) groups is 1. The van der Waals surface area contributed by atoms with E-state index in [0.29, 0.717) is 25.0 Å². The Bertz CT molecular complexity index is 927. The van der Waals surface area contributed by atoms with Crippen molar-refractivity contribution in [2.75, 3.05) is 32.3 Å². The van der Waals surface area contributed by atoms with Gasteiger partial charge in [0.1, 0.15) is 16.4 Å². The van der Waals surface area contributed by atoms with Crippen molar-refractivity contribution in [3.8, 4) is 11.5 Å². The Morgan fingerprint density at radius 3 is 2.48 bits per heavy atom. The number of aliphatic carboxylic acids is 1. The fraction of sp³-hybridized carbons (Fsp3) is 0.611. The van der Waals surface area contributed by atoms with Crippen LogP contribution in [0.15, 0.2) is 23.1 Å². The van der Waals surface area contributed by atoms with Gasteiger partial charge in [-0.25, -0.2) is 16.8 Å². The van der Waals surface area contributed by atoms with E-state index in [1.165, 1.54) is 36.7 Å². The summed E-state index contributed by atoms with van der Waals surface area (Å²) in [5.41, 5.74) is 0. The van der Waals surface area contributed by atoms with Crippen LogP contribution in [0, 0.1) is 0 Å². The molecular formula is C18H27NO8S2. The third-order valence-corrected chi connectivity index (χ3v) is 8.58. The average Bonchev–Trinajstić information content (AvgIpc) is 3.02. The van der Waals surface area contributed by atoms with Gasteiger partial charge in [0.2, 0.25) is 10.0 Å².